The smallest absolute Gasteiger partial charge is 0.261 e. The topological polar surface area (TPSA) is 120 Å². The fourth-order valence-electron chi connectivity index (χ4n) is 2.46. The van der Waals surface area contributed by atoms with Crippen LogP contribution in [-0.4, -0.2) is 45.8 Å². The number of rotatable bonds is 8. The first-order valence-electron chi connectivity index (χ1n) is 8.40. The van der Waals surface area contributed by atoms with Crippen LogP contribution in [0.1, 0.15) is 6.92 Å². The molecule has 28 heavy (non-hydrogen) atoms. The first kappa shape index (κ1) is 21.9. The lowest BCUT2D eigenvalue weighted by Gasteiger charge is -2.18. The van der Waals surface area contributed by atoms with Crippen LogP contribution in [0.25, 0.3) is 10.9 Å². The number of allylic oxidation sites excluding steroid dienone is 1. The Labute approximate surface area is 171 Å². The number of carbonyl (C=O) groups excluding carboxylic acids is 1. The molecule has 0 radical (unpaired) electrons. The maximum atomic E-state index is 12.5. The molecule has 1 heterocycles. The van der Waals surface area contributed by atoms with Crippen LogP contribution < -0.4 is 16.2 Å². The highest BCUT2D eigenvalue weighted by Gasteiger charge is 2.22. The number of hydrogen-bond acceptors (Lipinski definition) is 6. The van der Waals surface area contributed by atoms with E-state index < -0.39 is 18.1 Å². The van der Waals surface area contributed by atoms with Gasteiger partial charge in [0.05, 0.1) is 46.0 Å². The Balaban J connectivity index is 1.97. The van der Waals surface area contributed by atoms with Gasteiger partial charge < -0.3 is 10.4 Å². The number of nitrogens with one attached hydrogen (secondary N) is 2. The van der Waals surface area contributed by atoms with Crippen LogP contribution in [0.3, 0.4) is 0 Å². The third-order valence-electron chi connectivity index (χ3n) is 3.89. The summed E-state index contributed by atoms with van der Waals surface area (Å²) in [4.78, 5) is 28.7. The van der Waals surface area contributed by atoms with E-state index in [0.717, 1.165) is 0 Å². The standard InChI is InChI=1S/C18H19Cl2N5O3/c1-11(26)16(22-6-4-21)17(27)23-5-2-3-7-25-10-24-15-9-14(20)13(19)8-12(15)18(25)28/h2-3,8-11,16,22,26H,5-7H2,1H3,(H,23,27)/b3-2+/t11-,16+/m1/s1. The Kier molecular flexibility index (Phi) is 7.96. The van der Waals surface area contributed by atoms with Gasteiger partial charge in [0.15, 0.2) is 0 Å². The normalized spacial score (nSPS) is 13.4. The number of benzene rings is 1. The molecule has 0 saturated heterocycles. The van der Waals surface area contributed by atoms with Gasteiger partial charge in [-0.25, -0.2) is 4.98 Å². The lowest BCUT2D eigenvalue weighted by Crippen LogP contribution is -2.50. The third-order valence-corrected chi connectivity index (χ3v) is 4.62. The van der Waals surface area contributed by atoms with Crippen molar-refractivity contribution >= 4 is 40.0 Å². The fourth-order valence-corrected chi connectivity index (χ4v) is 2.78. The molecule has 0 saturated carbocycles. The van der Waals surface area contributed by atoms with Gasteiger partial charge in [0.1, 0.15) is 6.04 Å². The van der Waals surface area contributed by atoms with Crippen LogP contribution in [0.15, 0.2) is 35.4 Å². The molecule has 0 unspecified atom stereocenters. The molecule has 148 valence electrons. The maximum absolute atomic E-state index is 12.5. The predicted octanol–water partition coefficient (Wildman–Crippen LogP) is 1.24. The van der Waals surface area contributed by atoms with E-state index in [2.05, 4.69) is 15.6 Å². The van der Waals surface area contributed by atoms with E-state index >= 15 is 0 Å². The lowest BCUT2D eigenvalue weighted by atomic mass is 10.1. The zero-order valence-electron chi connectivity index (χ0n) is 15.0. The Bertz CT molecular complexity index is 982. The van der Waals surface area contributed by atoms with Gasteiger partial charge in [-0.1, -0.05) is 35.4 Å². The van der Waals surface area contributed by atoms with E-state index in [1.54, 1.807) is 12.2 Å². The first-order valence-corrected chi connectivity index (χ1v) is 9.16. The monoisotopic (exact) mass is 423 g/mol. The van der Waals surface area contributed by atoms with Crippen molar-refractivity contribution in [3.05, 3.63) is 51.0 Å². The zero-order chi connectivity index (χ0) is 20.7. The van der Waals surface area contributed by atoms with E-state index in [9.17, 15) is 14.7 Å². The molecule has 3 N–H and O–H groups in total. The highest BCUT2D eigenvalue weighted by atomic mass is 35.5. The number of amides is 1. The number of nitriles is 1. The number of aliphatic hydroxyl groups is 1. The molecule has 2 aromatic rings. The van der Waals surface area contributed by atoms with Crippen LogP contribution in [0.2, 0.25) is 10.0 Å². The van der Waals surface area contributed by atoms with Crippen molar-refractivity contribution in [3.8, 4) is 6.07 Å². The van der Waals surface area contributed by atoms with Crippen molar-refractivity contribution in [2.45, 2.75) is 25.6 Å². The molecule has 10 heteroatoms. The summed E-state index contributed by atoms with van der Waals surface area (Å²) in [6.07, 6.45) is 3.84. The molecule has 2 atom stereocenters. The average Bonchev–Trinajstić information content (AvgIpc) is 2.65. The molecule has 0 aliphatic rings. The predicted molar refractivity (Wildman–Crippen MR) is 107 cm³/mol. The van der Waals surface area contributed by atoms with Crippen molar-refractivity contribution < 1.29 is 9.90 Å². The van der Waals surface area contributed by atoms with E-state index in [-0.39, 0.29) is 30.2 Å². The molecular formula is C18H19Cl2N5O3. The highest BCUT2D eigenvalue weighted by Crippen LogP contribution is 2.24. The summed E-state index contributed by atoms with van der Waals surface area (Å²) in [7, 11) is 0. The minimum Gasteiger partial charge on any atom is -0.391 e. The molecule has 0 spiro atoms. The SMILES string of the molecule is C[C@@H](O)[C@H](NCC#N)C(=O)NC/C=C/Cn1cnc2cc(Cl)c(Cl)cc2c1=O. The Morgan fingerprint density at radius 1 is 1.39 bits per heavy atom. The Morgan fingerprint density at radius 2 is 2.11 bits per heavy atom. The molecule has 1 aromatic carbocycles. The lowest BCUT2D eigenvalue weighted by molar-refractivity contribution is -0.125. The van der Waals surface area contributed by atoms with Gasteiger partial charge in [-0.15, -0.1) is 0 Å². The van der Waals surface area contributed by atoms with Crippen molar-refractivity contribution in [1.82, 2.24) is 20.2 Å². The van der Waals surface area contributed by atoms with Gasteiger partial charge in [-0.05, 0) is 19.1 Å². The molecule has 2 rings (SSSR count). The molecule has 0 aliphatic carbocycles. The minimum absolute atomic E-state index is 0.0497. The van der Waals surface area contributed by atoms with Crippen molar-refractivity contribution in [1.29, 1.82) is 5.26 Å². The highest BCUT2D eigenvalue weighted by molar-refractivity contribution is 6.42. The molecule has 0 bridgehead atoms. The van der Waals surface area contributed by atoms with E-state index in [1.807, 2.05) is 6.07 Å². The van der Waals surface area contributed by atoms with Gasteiger partial charge >= 0.3 is 0 Å². The molecule has 0 fully saturated rings. The number of aliphatic hydroxyl groups excluding tert-OH is 1. The summed E-state index contributed by atoms with van der Waals surface area (Å²) in [6.45, 7) is 1.87. The summed E-state index contributed by atoms with van der Waals surface area (Å²) in [6, 6.07) is 4.00. The zero-order valence-corrected chi connectivity index (χ0v) is 16.5. The van der Waals surface area contributed by atoms with Crippen LogP contribution in [0, 0.1) is 11.3 Å². The van der Waals surface area contributed by atoms with Gasteiger partial charge in [0.25, 0.3) is 5.56 Å². The van der Waals surface area contributed by atoms with Gasteiger partial charge in [-0.2, -0.15) is 5.26 Å². The summed E-state index contributed by atoms with van der Waals surface area (Å²) < 4.78 is 1.40. The summed E-state index contributed by atoms with van der Waals surface area (Å²) >= 11 is 11.9. The summed E-state index contributed by atoms with van der Waals surface area (Å²) in [5.74, 6) is -0.425. The number of hydrogen-bond donors (Lipinski definition) is 3. The summed E-state index contributed by atoms with van der Waals surface area (Å²) in [5, 5.41) is 24.4. The summed E-state index contributed by atoms with van der Waals surface area (Å²) in [5.41, 5.74) is 0.202. The average molecular weight is 424 g/mol. The fraction of sp³-hybridized carbons (Fsp3) is 0.333. The molecule has 1 aromatic heterocycles. The van der Waals surface area contributed by atoms with E-state index in [1.165, 1.54) is 30.0 Å². The Morgan fingerprint density at radius 3 is 2.79 bits per heavy atom. The van der Waals surface area contributed by atoms with Crippen LogP contribution in [0.4, 0.5) is 0 Å². The van der Waals surface area contributed by atoms with Crippen LogP contribution >= 0.6 is 23.2 Å². The molecular weight excluding hydrogens is 405 g/mol. The second kappa shape index (κ2) is 10.2. The van der Waals surface area contributed by atoms with Crippen molar-refractivity contribution in [2.24, 2.45) is 0 Å². The van der Waals surface area contributed by atoms with Gasteiger partial charge in [-0.3, -0.25) is 19.5 Å². The second-order valence-corrected chi connectivity index (χ2v) is 6.77. The van der Waals surface area contributed by atoms with Gasteiger partial charge in [0.2, 0.25) is 5.91 Å². The minimum atomic E-state index is -0.945. The van der Waals surface area contributed by atoms with Crippen molar-refractivity contribution in [2.75, 3.05) is 13.1 Å². The second-order valence-electron chi connectivity index (χ2n) is 5.96. The molecule has 8 nitrogen and oxygen atoms in total. The quantitative estimate of drug-likeness (QED) is 0.433. The molecule has 0 aliphatic heterocycles. The van der Waals surface area contributed by atoms with Crippen LogP contribution in [-0.2, 0) is 11.3 Å². The Hall–Kier alpha value is -2.44. The van der Waals surface area contributed by atoms with E-state index in [4.69, 9.17) is 28.5 Å². The van der Waals surface area contributed by atoms with Crippen LogP contribution in [0.5, 0.6) is 0 Å². The largest absolute Gasteiger partial charge is 0.391 e. The number of aromatic nitrogens is 2. The number of nitrogens with zero attached hydrogens (tertiary/aromatic N) is 3. The molecule has 1 amide bonds. The third kappa shape index (κ3) is 5.53. The number of halogens is 2. The van der Waals surface area contributed by atoms with Crippen molar-refractivity contribution in [3.63, 3.8) is 0 Å². The van der Waals surface area contributed by atoms with Gasteiger partial charge in [0, 0.05) is 13.1 Å². The van der Waals surface area contributed by atoms with E-state index in [0.29, 0.717) is 15.9 Å². The number of carbonyl (C=O) groups is 1. The first-order chi connectivity index (χ1) is 13.3. The number of fused-ring (bicyclic) bond motifs is 1. The maximum Gasteiger partial charge on any atom is 0.261 e.